The van der Waals surface area contributed by atoms with Crippen molar-refractivity contribution in [3.63, 3.8) is 0 Å². The molecule has 1 aromatic heterocycles. The van der Waals surface area contributed by atoms with Crippen LogP contribution in [0.15, 0.2) is 35.4 Å². The van der Waals surface area contributed by atoms with Crippen molar-refractivity contribution in [2.24, 2.45) is 0 Å². The van der Waals surface area contributed by atoms with Crippen LogP contribution in [0.1, 0.15) is 24.4 Å². The minimum atomic E-state index is -0.236. The molecule has 2 aromatic rings. The zero-order chi connectivity index (χ0) is 20.4. The number of imidazole rings is 1. The molecule has 1 fully saturated rings. The van der Waals surface area contributed by atoms with E-state index < -0.39 is 0 Å². The number of piperazine rings is 1. The third-order valence-corrected chi connectivity index (χ3v) is 6.40. The maximum Gasteiger partial charge on any atom is 0.344 e. The van der Waals surface area contributed by atoms with Gasteiger partial charge in [0.2, 0.25) is 5.91 Å². The highest BCUT2D eigenvalue weighted by Crippen LogP contribution is 2.22. The summed E-state index contributed by atoms with van der Waals surface area (Å²) in [7, 11) is 0. The Balaban J connectivity index is 1.19. The van der Waals surface area contributed by atoms with Crippen LogP contribution >= 0.6 is 11.8 Å². The number of aromatic nitrogens is 2. The van der Waals surface area contributed by atoms with Crippen molar-refractivity contribution in [1.82, 2.24) is 24.5 Å². The average Bonchev–Trinajstić information content (AvgIpc) is 3.26. The lowest BCUT2D eigenvalue weighted by Crippen LogP contribution is -2.55. The normalized spacial score (nSPS) is 17.1. The quantitative estimate of drug-likeness (QED) is 0.534. The first-order valence-electron chi connectivity index (χ1n) is 9.79. The molecule has 3 heterocycles. The predicted molar refractivity (Wildman–Crippen MR) is 108 cm³/mol. The number of carbonyl (C=O) groups excluding carboxylic acids is 2. The molecule has 1 saturated heterocycles. The Morgan fingerprint density at radius 1 is 1.17 bits per heavy atom. The predicted octanol–water partition coefficient (Wildman–Crippen LogP) is 2.75. The summed E-state index contributed by atoms with van der Waals surface area (Å²) < 4.78 is 14.6. The lowest BCUT2D eigenvalue weighted by Gasteiger charge is -2.38. The van der Waals surface area contributed by atoms with Crippen LogP contribution in [0.4, 0.5) is 9.18 Å². The van der Waals surface area contributed by atoms with Gasteiger partial charge in [-0.3, -0.25) is 9.80 Å². The van der Waals surface area contributed by atoms with E-state index in [0.29, 0.717) is 45.0 Å². The van der Waals surface area contributed by atoms with Crippen molar-refractivity contribution < 1.29 is 14.0 Å². The Hall–Kier alpha value is -2.39. The molecular formula is C20H24FN5O2S. The van der Waals surface area contributed by atoms with Crippen LogP contribution in [0.3, 0.4) is 0 Å². The van der Waals surface area contributed by atoms with Gasteiger partial charge in [0.25, 0.3) is 0 Å². The van der Waals surface area contributed by atoms with Crippen molar-refractivity contribution in [2.75, 3.05) is 31.9 Å². The summed E-state index contributed by atoms with van der Waals surface area (Å²) in [5, 5.41) is 3.79. The second-order valence-corrected chi connectivity index (χ2v) is 8.38. The molecule has 0 atom stereocenters. The van der Waals surface area contributed by atoms with E-state index in [-0.39, 0.29) is 17.8 Å². The highest BCUT2D eigenvalue weighted by molar-refractivity contribution is 7.99. The number of amides is 2. The number of halogens is 1. The zero-order valence-electron chi connectivity index (χ0n) is 16.4. The molecule has 2 aliphatic rings. The number of benzene rings is 1. The Labute approximate surface area is 173 Å². The van der Waals surface area contributed by atoms with Crippen LogP contribution in [-0.4, -0.2) is 68.3 Å². The van der Waals surface area contributed by atoms with Gasteiger partial charge in [-0.25, -0.2) is 23.7 Å². The van der Waals surface area contributed by atoms with Crippen LogP contribution in [0.5, 0.6) is 0 Å². The molecule has 0 aliphatic carbocycles. The van der Waals surface area contributed by atoms with Gasteiger partial charge in [-0.2, -0.15) is 0 Å². The Bertz CT molecular complexity index is 893. The molecule has 154 valence electrons. The SMILES string of the molecule is Cc1ncc2n1C(=O)N(N1CCN(C(=O)CCCSc3ccc(F)cc3)CC1)C2. The van der Waals surface area contributed by atoms with E-state index in [1.165, 1.54) is 12.1 Å². The van der Waals surface area contributed by atoms with Crippen LogP contribution < -0.4 is 0 Å². The summed E-state index contributed by atoms with van der Waals surface area (Å²) >= 11 is 1.63. The van der Waals surface area contributed by atoms with Gasteiger partial charge in [0.1, 0.15) is 11.6 Å². The molecule has 4 rings (SSSR count). The summed E-state index contributed by atoms with van der Waals surface area (Å²) in [4.78, 5) is 32.2. The molecule has 0 saturated carbocycles. The minimum absolute atomic E-state index is 0.0624. The van der Waals surface area contributed by atoms with Gasteiger partial charge in [-0.05, 0) is 43.4 Å². The lowest BCUT2D eigenvalue weighted by molar-refractivity contribution is -0.135. The third-order valence-electron chi connectivity index (χ3n) is 5.30. The van der Waals surface area contributed by atoms with Crippen molar-refractivity contribution in [3.05, 3.63) is 47.8 Å². The number of rotatable bonds is 6. The number of nitrogens with zero attached hydrogens (tertiary/aromatic N) is 5. The standard InChI is InChI=1S/C20H24FN5O2S/c1-15-22-13-17-14-25(20(28)26(15)17)24-10-8-23(9-11-24)19(27)3-2-12-29-18-6-4-16(21)5-7-18/h4-7,13H,2-3,8-12,14H2,1H3. The molecule has 2 amide bonds. The fraction of sp³-hybridized carbons (Fsp3) is 0.450. The third kappa shape index (κ3) is 4.30. The van der Waals surface area contributed by atoms with Gasteiger partial charge in [0.15, 0.2) is 0 Å². The molecule has 9 heteroatoms. The molecule has 2 aliphatic heterocycles. The van der Waals surface area contributed by atoms with Gasteiger partial charge >= 0.3 is 6.03 Å². The summed E-state index contributed by atoms with van der Waals surface area (Å²) in [6.07, 6.45) is 3.04. The Morgan fingerprint density at radius 2 is 1.90 bits per heavy atom. The number of hydrogen-bond acceptors (Lipinski definition) is 5. The van der Waals surface area contributed by atoms with Gasteiger partial charge < -0.3 is 4.90 Å². The first-order valence-corrected chi connectivity index (χ1v) is 10.8. The van der Waals surface area contributed by atoms with Crippen LogP contribution in [0, 0.1) is 12.7 Å². The number of aryl methyl sites for hydroxylation is 1. The van der Waals surface area contributed by atoms with Gasteiger partial charge in [0.05, 0.1) is 18.4 Å². The van der Waals surface area contributed by atoms with Crippen LogP contribution in [-0.2, 0) is 11.3 Å². The molecular weight excluding hydrogens is 393 g/mol. The van der Waals surface area contributed by atoms with Crippen LogP contribution in [0.25, 0.3) is 0 Å². The maximum atomic E-state index is 12.9. The molecule has 0 unspecified atom stereocenters. The highest BCUT2D eigenvalue weighted by Gasteiger charge is 2.35. The number of thioether (sulfide) groups is 1. The Kier molecular flexibility index (Phi) is 5.86. The van der Waals surface area contributed by atoms with Crippen molar-refractivity contribution >= 4 is 23.7 Å². The minimum Gasteiger partial charge on any atom is -0.340 e. The number of hydrogen-bond donors (Lipinski definition) is 0. The lowest BCUT2D eigenvalue weighted by atomic mass is 10.2. The van der Waals surface area contributed by atoms with E-state index in [9.17, 15) is 14.0 Å². The maximum absolute atomic E-state index is 12.9. The van der Waals surface area contributed by atoms with E-state index in [2.05, 4.69) is 4.98 Å². The number of hydrazine groups is 1. The Morgan fingerprint density at radius 3 is 2.59 bits per heavy atom. The van der Waals surface area contributed by atoms with Gasteiger partial charge in [0, 0.05) is 37.5 Å². The zero-order valence-corrected chi connectivity index (χ0v) is 17.2. The van der Waals surface area contributed by atoms with Crippen LogP contribution in [0.2, 0.25) is 0 Å². The van der Waals surface area contributed by atoms with Crippen molar-refractivity contribution in [2.45, 2.75) is 31.2 Å². The summed E-state index contributed by atoms with van der Waals surface area (Å²) in [5.41, 5.74) is 0.907. The van der Waals surface area contributed by atoms with Gasteiger partial charge in [-0.1, -0.05) is 0 Å². The smallest absolute Gasteiger partial charge is 0.340 e. The number of fused-ring (bicyclic) bond motifs is 1. The van der Waals surface area contributed by atoms with E-state index in [1.807, 2.05) is 16.8 Å². The molecule has 29 heavy (non-hydrogen) atoms. The van der Waals surface area contributed by atoms with Crippen molar-refractivity contribution in [3.8, 4) is 0 Å². The van der Waals surface area contributed by atoms with E-state index >= 15 is 0 Å². The first-order chi connectivity index (χ1) is 14.0. The summed E-state index contributed by atoms with van der Waals surface area (Å²) in [5.74, 6) is 1.45. The summed E-state index contributed by atoms with van der Waals surface area (Å²) in [6, 6.07) is 6.36. The molecule has 0 spiro atoms. The topological polar surface area (TPSA) is 61.7 Å². The number of carbonyl (C=O) groups is 2. The molecule has 0 N–H and O–H groups in total. The molecule has 0 bridgehead atoms. The fourth-order valence-corrected chi connectivity index (χ4v) is 4.56. The molecule has 0 radical (unpaired) electrons. The van der Waals surface area contributed by atoms with E-state index in [1.54, 1.807) is 39.7 Å². The van der Waals surface area contributed by atoms with E-state index in [4.69, 9.17) is 0 Å². The second-order valence-electron chi connectivity index (χ2n) is 7.21. The first kappa shape index (κ1) is 19.9. The average molecular weight is 418 g/mol. The van der Waals surface area contributed by atoms with Gasteiger partial charge in [-0.15, -0.1) is 11.8 Å². The monoisotopic (exact) mass is 417 g/mol. The molecule has 1 aromatic carbocycles. The van der Waals surface area contributed by atoms with Crippen molar-refractivity contribution in [1.29, 1.82) is 0 Å². The fourth-order valence-electron chi connectivity index (χ4n) is 3.71. The summed E-state index contributed by atoms with van der Waals surface area (Å²) in [6.45, 7) is 4.92. The second kappa shape index (κ2) is 8.54. The molecule has 7 nitrogen and oxygen atoms in total. The largest absolute Gasteiger partial charge is 0.344 e. The highest BCUT2D eigenvalue weighted by atomic mass is 32.2. The van der Waals surface area contributed by atoms with E-state index in [0.717, 1.165) is 22.8 Å².